The Kier molecular flexibility index (Phi) is 6.75. The van der Waals surface area contributed by atoms with Gasteiger partial charge in [0, 0.05) is 25.9 Å². The molecule has 32 heavy (non-hydrogen) atoms. The van der Waals surface area contributed by atoms with Gasteiger partial charge in [-0.05, 0) is 29.1 Å². The van der Waals surface area contributed by atoms with E-state index in [0.717, 1.165) is 15.7 Å². The number of methoxy groups -OCH3 is 1. The summed E-state index contributed by atoms with van der Waals surface area (Å²) in [5.74, 6) is 0.0854. The number of aryl methyl sites for hydroxylation is 1. The number of rotatable bonds is 8. The molecule has 0 spiro atoms. The molecule has 1 aliphatic rings. The van der Waals surface area contributed by atoms with Crippen LogP contribution < -0.4 is 9.47 Å². The van der Waals surface area contributed by atoms with Gasteiger partial charge < -0.3 is 14.0 Å². The second-order valence-corrected chi connectivity index (χ2v) is 8.77. The maximum Gasteiger partial charge on any atom is 0.387 e. The molecule has 3 heterocycles. The Hall–Kier alpha value is -2.92. The number of carbonyl (C=O) groups excluding carboxylic acids is 1. The number of hydrazone groups is 1. The predicted octanol–water partition coefficient (Wildman–Crippen LogP) is 4.56. The highest BCUT2D eigenvalue weighted by Crippen LogP contribution is 2.38. The van der Waals surface area contributed by atoms with E-state index in [1.807, 2.05) is 35.3 Å². The highest BCUT2D eigenvalue weighted by Gasteiger charge is 2.34. The number of ether oxygens (including phenoxy) is 2. The molecule has 7 nitrogen and oxygen atoms in total. The van der Waals surface area contributed by atoms with Gasteiger partial charge in [0.2, 0.25) is 0 Å². The summed E-state index contributed by atoms with van der Waals surface area (Å²) >= 11 is 2.87. The lowest BCUT2D eigenvalue weighted by Gasteiger charge is -2.23. The third kappa shape index (κ3) is 4.78. The fraction of sp³-hybridized carbons (Fsp3) is 0.286. The summed E-state index contributed by atoms with van der Waals surface area (Å²) in [7, 11) is 3.24. The van der Waals surface area contributed by atoms with Crippen molar-refractivity contribution in [2.75, 3.05) is 12.9 Å². The number of imidazole rings is 1. The molecule has 11 heteroatoms. The molecule has 1 amide bonds. The number of nitrogens with zero attached hydrogens (tertiary/aromatic N) is 4. The monoisotopic (exact) mass is 478 g/mol. The van der Waals surface area contributed by atoms with Crippen LogP contribution in [0.5, 0.6) is 11.5 Å². The van der Waals surface area contributed by atoms with Gasteiger partial charge in [0.05, 0.1) is 29.5 Å². The number of aromatic nitrogens is 2. The van der Waals surface area contributed by atoms with E-state index < -0.39 is 12.7 Å². The summed E-state index contributed by atoms with van der Waals surface area (Å²) in [6.45, 7) is -2.96. The largest absolute Gasteiger partial charge is 0.493 e. The average molecular weight is 479 g/mol. The third-order valence-corrected chi connectivity index (χ3v) is 6.82. The molecule has 0 N–H and O–H groups in total. The molecule has 0 saturated carbocycles. The van der Waals surface area contributed by atoms with Gasteiger partial charge in [-0.3, -0.25) is 4.79 Å². The van der Waals surface area contributed by atoms with Crippen molar-refractivity contribution in [1.29, 1.82) is 0 Å². The molecule has 0 unspecified atom stereocenters. The molecular weight excluding hydrogens is 458 g/mol. The van der Waals surface area contributed by atoms with Gasteiger partial charge in [0.15, 0.2) is 16.7 Å². The Bertz CT molecular complexity index is 1120. The number of thiophene rings is 1. The van der Waals surface area contributed by atoms with Crippen molar-refractivity contribution in [1.82, 2.24) is 14.6 Å². The van der Waals surface area contributed by atoms with E-state index in [4.69, 9.17) is 4.74 Å². The van der Waals surface area contributed by atoms with E-state index in [9.17, 15) is 13.6 Å². The van der Waals surface area contributed by atoms with Crippen molar-refractivity contribution in [3.8, 4) is 11.5 Å². The normalized spacial score (nSPS) is 15.8. The van der Waals surface area contributed by atoms with Crippen molar-refractivity contribution in [2.45, 2.75) is 24.2 Å². The summed E-state index contributed by atoms with van der Waals surface area (Å²) < 4.78 is 37.0. The molecule has 1 aromatic carbocycles. The Morgan fingerprint density at radius 1 is 1.34 bits per heavy atom. The third-order valence-electron chi connectivity index (χ3n) is 4.86. The van der Waals surface area contributed by atoms with Gasteiger partial charge in [-0.15, -0.1) is 11.3 Å². The van der Waals surface area contributed by atoms with Crippen LogP contribution in [0.2, 0.25) is 0 Å². The van der Waals surface area contributed by atoms with Crippen molar-refractivity contribution < 1.29 is 23.0 Å². The molecule has 1 atom stereocenters. The minimum atomic E-state index is -2.96. The minimum Gasteiger partial charge on any atom is -0.493 e. The molecule has 0 aliphatic carbocycles. The molecule has 3 aromatic rings. The maximum absolute atomic E-state index is 13.1. The molecule has 168 valence electrons. The number of carbonyl (C=O) groups is 1. The second-order valence-electron chi connectivity index (χ2n) is 6.88. The molecular formula is C21H20F2N4O3S2. The first-order valence-corrected chi connectivity index (χ1v) is 11.5. The molecule has 2 aromatic heterocycles. The number of amides is 1. The van der Waals surface area contributed by atoms with Crippen LogP contribution in [-0.4, -0.2) is 45.7 Å². The van der Waals surface area contributed by atoms with Gasteiger partial charge in [-0.25, -0.2) is 9.99 Å². The number of hydrogen-bond acceptors (Lipinski definition) is 7. The Morgan fingerprint density at radius 3 is 2.84 bits per heavy atom. The SMILES string of the molecule is COc1cc([C@@H]2CC(c3cccs3)=NN2C(=O)CSc2nccn2C)ccc1OC(F)F. The summed E-state index contributed by atoms with van der Waals surface area (Å²) in [5, 5.41) is 8.76. The first kappa shape index (κ1) is 22.3. The van der Waals surface area contributed by atoms with Crippen LogP contribution >= 0.6 is 23.1 Å². The van der Waals surface area contributed by atoms with E-state index in [-0.39, 0.29) is 23.2 Å². The predicted molar refractivity (Wildman–Crippen MR) is 119 cm³/mol. The fourth-order valence-electron chi connectivity index (χ4n) is 3.36. The van der Waals surface area contributed by atoms with Crippen molar-refractivity contribution in [2.24, 2.45) is 12.1 Å². The topological polar surface area (TPSA) is 69.0 Å². The number of alkyl halides is 2. The summed E-state index contributed by atoms with van der Waals surface area (Å²) in [6.07, 6.45) is 3.99. The van der Waals surface area contributed by atoms with Crippen molar-refractivity contribution in [3.63, 3.8) is 0 Å². The van der Waals surface area contributed by atoms with Crippen LogP contribution in [0, 0.1) is 0 Å². The fourth-order valence-corrected chi connectivity index (χ4v) is 4.87. The van der Waals surface area contributed by atoms with E-state index >= 15 is 0 Å². The highest BCUT2D eigenvalue weighted by atomic mass is 32.2. The van der Waals surface area contributed by atoms with E-state index in [0.29, 0.717) is 12.0 Å². The summed E-state index contributed by atoms with van der Waals surface area (Å²) in [6, 6.07) is 8.19. The smallest absolute Gasteiger partial charge is 0.387 e. The van der Waals surface area contributed by atoms with E-state index in [1.165, 1.54) is 29.9 Å². The van der Waals surface area contributed by atoms with Gasteiger partial charge in [0.25, 0.3) is 5.91 Å². The van der Waals surface area contributed by atoms with Crippen LogP contribution in [-0.2, 0) is 11.8 Å². The van der Waals surface area contributed by atoms with E-state index in [1.54, 1.807) is 29.7 Å². The minimum absolute atomic E-state index is 0.0631. The van der Waals surface area contributed by atoms with E-state index in [2.05, 4.69) is 14.8 Å². The van der Waals surface area contributed by atoms with Crippen LogP contribution in [0.1, 0.15) is 22.9 Å². The van der Waals surface area contributed by atoms with Crippen molar-refractivity contribution >= 4 is 34.7 Å². The summed E-state index contributed by atoms with van der Waals surface area (Å²) in [4.78, 5) is 18.3. The lowest BCUT2D eigenvalue weighted by molar-refractivity contribution is -0.130. The second kappa shape index (κ2) is 9.70. The Balaban J connectivity index is 1.60. The lowest BCUT2D eigenvalue weighted by atomic mass is 10.0. The zero-order valence-corrected chi connectivity index (χ0v) is 18.9. The van der Waals surface area contributed by atoms with Gasteiger partial charge in [-0.1, -0.05) is 23.9 Å². The maximum atomic E-state index is 13.1. The Morgan fingerprint density at radius 2 is 2.19 bits per heavy atom. The molecule has 0 saturated heterocycles. The number of hydrogen-bond donors (Lipinski definition) is 0. The van der Waals surface area contributed by atoms with Gasteiger partial charge in [0.1, 0.15) is 0 Å². The Labute approximate surface area is 191 Å². The molecule has 1 aliphatic heterocycles. The zero-order chi connectivity index (χ0) is 22.7. The van der Waals surface area contributed by atoms with Crippen LogP contribution in [0.25, 0.3) is 0 Å². The quantitative estimate of drug-likeness (QED) is 0.444. The van der Waals surface area contributed by atoms with Gasteiger partial charge >= 0.3 is 6.61 Å². The number of thioether (sulfide) groups is 1. The van der Waals surface area contributed by atoms with Crippen LogP contribution in [0.4, 0.5) is 8.78 Å². The molecule has 0 bridgehead atoms. The molecule has 0 fully saturated rings. The first-order chi connectivity index (χ1) is 15.5. The standard InChI is InChI=1S/C21H20F2N4O3S2/c1-26-8-7-24-21(26)32-12-19(28)27-15(11-14(25-27)18-4-3-9-31-18)13-5-6-16(30-20(22)23)17(10-13)29-2/h3-10,15,20H,11-12H2,1-2H3/t15-/m0/s1. The number of halogens is 2. The lowest BCUT2D eigenvalue weighted by Crippen LogP contribution is -2.28. The van der Waals surface area contributed by atoms with Crippen LogP contribution in [0.3, 0.4) is 0 Å². The van der Waals surface area contributed by atoms with Crippen LogP contribution in [0.15, 0.2) is 58.4 Å². The zero-order valence-electron chi connectivity index (χ0n) is 17.3. The highest BCUT2D eigenvalue weighted by molar-refractivity contribution is 7.99. The first-order valence-electron chi connectivity index (χ1n) is 9.62. The summed E-state index contributed by atoms with van der Waals surface area (Å²) in [5.41, 5.74) is 1.52. The molecule has 4 rings (SSSR count). The molecule has 0 radical (unpaired) electrons. The average Bonchev–Trinajstić information content (AvgIpc) is 3.52. The number of benzene rings is 1. The van der Waals surface area contributed by atoms with Crippen molar-refractivity contribution in [3.05, 3.63) is 58.5 Å². The van der Waals surface area contributed by atoms with Gasteiger partial charge in [-0.2, -0.15) is 13.9 Å².